The van der Waals surface area contributed by atoms with Gasteiger partial charge in [0.25, 0.3) is 5.91 Å². The molecule has 0 saturated carbocycles. The molecule has 98 valence electrons. The molecular formula is C10H10N6O3. The van der Waals surface area contributed by atoms with E-state index in [-0.39, 0.29) is 11.5 Å². The molecule has 0 radical (unpaired) electrons. The molecule has 0 aliphatic carbocycles. The van der Waals surface area contributed by atoms with Crippen LogP contribution in [0.4, 0.5) is 11.5 Å². The molecule has 0 aliphatic heterocycles. The number of hydrazine groups is 1. The Labute approximate surface area is 107 Å². The predicted octanol–water partition coefficient (Wildman–Crippen LogP) is 0.778. The molecule has 19 heavy (non-hydrogen) atoms. The van der Waals surface area contributed by atoms with Crippen LogP contribution in [0, 0.1) is 17.0 Å². The van der Waals surface area contributed by atoms with E-state index in [0.29, 0.717) is 11.3 Å². The summed E-state index contributed by atoms with van der Waals surface area (Å²) in [6.07, 6.45) is 2.94. The van der Waals surface area contributed by atoms with Crippen molar-refractivity contribution < 1.29 is 9.72 Å². The van der Waals surface area contributed by atoms with Gasteiger partial charge in [-0.15, -0.1) is 5.10 Å². The van der Waals surface area contributed by atoms with E-state index in [9.17, 15) is 14.9 Å². The molecule has 0 spiro atoms. The molecule has 2 aromatic rings. The van der Waals surface area contributed by atoms with Crippen molar-refractivity contribution >= 4 is 17.4 Å². The van der Waals surface area contributed by atoms with Gasteiger partial charge >= 0.3 is 5.69 Å². The Morgan fingerprint density at radius 3 is 2.74 bits per heavy atom. The Morgan fingerprint density at radius 1 is 1.42 bits per heavy atom. The minimum Gasteiger partial charge on any atom is -0.274 e. The zero-order chi connectivity index (χ0) is 13.8. The van der Waals surface area contributed by atoms with Crippen molar-refractivity contribution in [2.45, 2.75) is 6.92 Å². The maximum absolute atomic E-state index is 11.7. The second kappa shape index (κ2) is 5.12. The first kappa shape index (κ1) is 12.5. The number of carbonyl (C=O) groups is 1. The number of H-pyrrole nitrogens is 1. The van der Waals surface area contributed by atoms with E-state index in [1.807, 2.05) is 0 Å². The van der Waals surface area contributed by atoms with Crippen molar-refractivity contribution in [2.75, 3.05) is 5.43 Å². The lowest BCUT2D eigenvalue weighted by atomic mass is 10.3. The van der Waals surface area contributed by atoms with Crippen LogP contribution >= 0.6 is 0 Å². The molecule has 0 aliphatic rings. The third kappa shape index (κ3) is 2.65. The van der Waals surface area contributed by atoms with Gasteiger partial charge in [-0.2, -0.15) is 0 Å². The first-order valence-corrected chi connectivity index (χ1v) is 5.25. The van der Waals surface area contributed by atoms with Crippen LogP contribution < -0.4 is 10.9 Å². The highest BCUT2D eigenvalue weighted by Crippen LogP contribution is 2.23. The molecule has 0 saturated heterocycles. The number of hydrogen-bond acceptors (Lipinski definition) is 6. The molecule has 3 N–H and O–H groups in total. The Balaban J connectivity index is 2.08. The monoisotopic (exact) mass is 262 g/mol. The fourth-order valence-electron chi connectivity index (χ4n) is 1.43. The quantitative estimate of drug-likeness (QED) is 0.552. The molecule has 2 rings (SSSR count). The number of aryl methyl sites for hydroxylation is 1. The number of hydrogen-bond donors (Lipinski definition) is 3. The van der Waals surface area contributed by atoms with Crippen molar-refractivity contribution in [2.24, 2.45) is 0 Å². The second-order valence-electron chi connectivity index (χ2n) is 3.62. The molecule has 0 bridgehead atoms. The lowest BCUT2D eigenvalue weighted by Crippen LogP contribution is -2.29. The molecular weight excluding hydrogens is 252 g/mol. The number of nitrogens with one attached hydrogen (secondary N) is 3. The molecule has 0 atom stereocenters. The molecule has 1 amide bonds. The Kier molecular flexibility index (Phi) is 3.37. The van der Waals surface area contributed by atoms with Crippen LogP contribution in [0.25, 0.3) is 0 Å². The van der Waals surface area contributed by atoms with Crippen molar-refractivity contribution in [1.82, 2.24) is 20.6 Å². The molecule has 9 nitrogen and oxygen atoms in total. The van der Waals surface area contributed by atoms with Gasteiger partial charge in [0, 0.05) is 18.0 Å². The van der Waals surface area contributed by atoms with Crippen LogP contribution in [-0.2, 0) is 0 Å². The fourth-order valence-corrected chi connectivity index (χ4v) is 1.43. The summed E-state index contributed by atoms with van der Waals surface area (Å²) < 4.78 is 0. The number of rotatable bonds is 4. The number of aromatic nitrogens is 3. The predicted molar refractivity (Wildman–Crippen MR) is 65.3 cm³/mol. The third-order valence-electron chi connectivity index (χ3n) is 2.33. The molecule has 2 aromatic heterocycles. The fraction of sp³-hybridized carbons (Fsp3) is 0.100. The molecule has 2 heterocycles. The van der Waals surface area contributed by atoms with Gasteiger partial charge in [0.1, 0.15) is 5.69 Å². The van der Waals surface area contributed by atoms with Crippen molar-refractivity contribution in [3.8, 4) is 0 Å². The Morgan fingerprint density at radius 2 is 2.11 bits per heavy atom. The lowest BCUT2D eigenvalue weighted by Gasteiger charge is -2.05. The van der Waals surface area contributed by atoms with E-state index in [1.54, 1.807) is 0 Å². The van der Waals surface area contributed by atoms with Gasteiger partial charge in [0.2, 0.25) is 5.82 Å². The molecule has 0 fully saturated rings. The summed E-state index contributed by atoms with van der Waals surface area (Å²) in [5, 5.41) is 17.0. The highest BCUT2D eigenvalue weighted by atomic mass is 16.6. The Bertz CT molecular complexity index is 609. The first-order valence-electron chi connectivity index (χ1n) is 5.25. The van der Waals surface area contributed by atoms with Gasteiger partial charge < -0.3 is 0 Å². The molecule has 0 unspecified atom stereocenters. The largest absolute Gasteiger partial charge is 0.335 e. The van der Waals surface area contributed by atoms with Crippen LogP contribution in [0.1, 0.15) is 16.1 Å². The van der Waals surface area contributed by atoms with Crippen LogP contribution in [-0.4, -0.2) is 26.0 Å². The van der Waals surface area contributed by atoms with E-state index < -0.39 is 10.8 Å². The van der Waals surface area contributed by atoms with Crippen molar-refractivity contribution in [1.29, 1.82) is 0 Å². The number of aromatic amines is 1. The van der Waals surface area contributed by atoms with Gasteiger partial charge in [-0.3, -0.25) is 35.8 Å². The van der Waals surface area contributed by atoms with Crippen molar-refractivity contribution in [3.05, 3.63) is 45.9 Å². The highest BCUT2D eigenvalue weighted by Gasteiger charge is 2.21. The van der Waals surface area contributed by atoms with Gasteiger partial charge in [-0.05, 0) is 19.1 Å². The number of amides is 1. The number of carbonyl (C=O) groups excluding carboxylic acids is 1. The summed E-state index contributed by atoms with van der Waals surface area (Å²) in [7, 11) is 0. The maximum Gasteiger partial charge on any atom is 0.335 e. The maximum atomic E-state index is 11.7. The zero-order valence-electron chi connectivity index (χ0n) is 9.88. The van der Waals surface area contributed by atoms with Gasteiger partial charge in [0.05, 0.1) is 4.92 Å². The van der Waals surface area contributed by atoms with Crippen molar-refractivity contribution in [3.63, 3.8) is 0 Å². The summed E-state index contributed by atoms with van der Waals surface area (Å²) in [6.45, 7) is 1.51. The minimum atomic E-state index is -0.584. The average Bonchev–Trinajstić information content (AvgIpc) is 2.78. The number of anilines is 1. The van der Waals surface area contributed by atoms with E-state index in [2.05, 4.69) is 26.0 Å². The standard InChI is InChI=1S/C10H10N6O3/c1-6-8(16(18)19)9(13-12-6)14-15-10(17)7-2-4-11-5-3-7/h2-5H,1H3,(H,15,17)(H2,12,13,14). The first-order chi connectivity index (χ1) is 9.09. The van der Waals surface area contributed by atoms with Crippen LogP contribution in [0.2, 0.25) is 0 Å². The zero-order valence-corrected chi connectivity index (χ0v) is 9.88. The van der Waals surface area contributed by atoms with Gasteiger partial charge in [-0.1, -0.05) is 0 Å². The van der Waals surface area contributed by atoms with Crippen LogP contribution in [0.5, 0.6) is 0 Å². The SMILES string of the molecule is Cc1[nH]nc(NNC(=O)c2ccncc2)c1[N+](=O)[O-]. The summed E-state index contributed by atoms with van der Waals surface area (Å²) in [4.78, 5) is 25.7. The number of pyridine rings is 1. The average molecular weight is 262 g/mol. The minimum absolute atomic E-state index is 0.0510. The van der Waals surface area contributed by atoms with E-state index in [1.165, 1.54) is 31.5 Å². The van der Waals surface area contributed by atoms with Crippen LogP contribution in [0.3, 0.4) is 0 Å². The van der Waals surface area contributed by atoms with E-state index in [0.717, 1.165) is 0 Å². The molecule has 9 heteroatoms. The highest BCUT2D eigenvalue weighted by molar-refractivity contribution is 5.94. The second-order valence-corrected chi connectivity index (χ2v) is 3.62. The van der Waals surface area contributed by atoms with E-state index in [4.69, 9.17) is 0 Å². The van der Waals surface area contributed by atoms with Gasteiger partial charge in [0.15, 0.2) is 0 Å². The number of nitro groups is 1. The summed E-state index contributed by atoms with van der Waals surface area (Å²) in [6, 6.07) is 3.03. The topological polar surface area (TPSA) is 126 Å². The van der Waals surface area contributed by atoms with Crippen LogP contribution in [0.15, 0.2) is 24.5 Å². The van der Waals surface area contributed by atoms with E-state index >= 15 is 0 Å². The Hall–Kier alpha value is -2.97. The number of nitrogens with zero attached hydrogens (tertiary/aromatic N) is 3. The smallest absolute Gasteiger partial charge is 0.274 e. The third-order valence-corrected chi connectivity index (χ3v) is 2.33. The normalized spacial score (nSPS) is 9.95. The summed E-state index contributed by atoms with van der Waals surface area (Å²) >= 11 is 0. The summed E-state index contributed by atoms with van der Waals surface area (Å²) in [5.74, 6) is -0.498. The lowest BCUT2D eigenvalue weighted by molar-refractivity contribution is -0.384. The van der Waals surface area contributed by atoms with Gasteiger partial charge in [-0.25, -0.2) is 0 Å². The summed E-state index contributed by atoms with van der Waals surface area (Å²) in [5.41, 5.74) is 5.19. The molecule has 0 aromatic carbocycles.